The van der Waals surface area contributed by atoms with Crippen molar-refractivity contribution in [3.63, 3.8) is 0 Å². The molecule has 2 N–H and O–H groups in total. The molecular formula is C10H19N3O2. The van der Waals surface area contributed by atoms with E-state index in [0.29, 0.717) is 32.6 Å². The van der Waals surface area contributed by atoms with E-state index in [9.17, 15) is 9.59 Å². The lowest BCUT2D eigenvalue weighted by Gasteiger charge is -2.23. The number of nitrogens with zero attached hydrogens (tertiary/aromatic N) is 1. The fourth-order valence-corrected chi connectivity index (χ4v) is 1.69. The Hall–Kier alpha value is -1.10. The molecule has 0 aromatic carbocycles. The number of rotatable bonds is 3. The summed E-state index contributed by atoms with van der Waals surface area (Å²) in [6.07, 6.45) is 0.415. The van der Waals surface area contributed by atoms with Gasteiger partial charge in [0.25, 0.3) is 0 Å². The third-order valence-corrected chi connectivity index (χ3v) is 2.56. The van der Waals surface area contributed by atoms with E-state index in [1.165, 1.54) is 0 Å². The second kappa shape index (κ2) is 5.70. The van der Waals surface area contributed by atoms with Crippen LogP contribution in [0.3, 0.4) is 0 Å². The molecule has 0 spiro atoms. The first-order valence-electron chi connectivity index (χ1n) is 5.35. The topological polar surface area (TPSA) is 61.4 Å². The van der Waals surface area contributed by atoms with Crippen molar-refractivity contribution in [3.05, 3.63) is 0 Å². The van der Waals surface area contributed by atoms with Gasteiger partial charge in [0.15, 0.2) is 0 Å². The Balaban J connectivity index is 2.47. The van der Waals surface area contributed by atoms with E-state index in [4.69, 9.17) is 0 Å². The molecule has 15 heavy (non-hydrogen) atoms. The molecule has 0 aromatic heterocycles. The highest BCUT2D eigenvalue weighted by molar-refractivity contribution is 5.81. The summed E-state index contributed by atoms with van der Waals surface area (Å²) in [5.41, 5.74) is 0. The summed E-state index contributed by atoms with van der Waals surface area (Å²) in [4.78, 5) is 24.7. The van der Waals surface area contributed by atoms with Crippen LogP contribution in [0.4, 0.5) is 0 Å². The molecule has 0 aliphatic carbocycles. The second-order valence-electron chi connectivity index (χ2n) is 3.88. The van der Waals surface area contributed by atoms with Crippen LogP contribution < -0.4 is 10.6 Å². The monoisotopic (exact) mass is 213 g/mol. The standard InChI is InChI=1S/C10H19N3O2/c1-8(7-11-2)10(15)13-5-3-9(14)12-4-6-13/h8,11H,3-7H2,1-2H3,(H,12,14). The van der Waals surface area contributed by atoms with Crippen LogP contribution >= 0.6 is 0 Å². The Morgan fingerprint density at radius 1 is 1.60 bits per heavy atom. The Morgan fingerprint density at radius 2 is 2.33 bits per heavy atom. The van der Waals surface area contributed by atoms with Crippen molar-refractivity contribution >= 4 is 11.8 Å². The van der Waals surface area contributed by atoms with Crippen molar-refractivity contribution in [2.24, 2.45) is 5.92 Å². The quantitative estimate of drug-likeness (QED) is 0.644. The molecule has 1 heterocycles. The van der Waals surface area contributed by atoms with Gasteiger partial charge in [-0.05, 0) is 7.05 Å². The average Bonchev–Trinajstić information content (AvgIpc) is 2.42. The Labute approximate surface area is 90.2 Å². The lowest BCUT2D eigenvalue weighted by molar-refractivity contribution is -0.134. The number of nitrogens with one attached hydrogen (secondary N) is 2. The largest absolute Gasteiger partial charge is 0.354 e. The highest BCUT2D eigenvalue weighted by atomic mass is 16.2. The van der Waals surface area contributed by atoms with E-state index >= 15 is 0 Å². The summed E-state index contributed by atoms with van der Waals surface area (Å²) in [5.74, 6) is 0.135. The molecule has 1 saturated heterocycles. The molecule has 1 aliphatic rings. The summed E-state index contributed by atoms with van der Waals surface area (Å²) in [6.45, 7) is 4.31. The van der Waals surface area contributed by atoms with Gasteiger partial charge < -0.3 is 15.5 Å². The molecule has 0 saturated carbocycles. The normalized spacial score (nSPS) is 19.3. The number of amides is 2. The first-order chi connectivity index (χ1) is 7.15. The number of hydrogen-bond acceptors (Lipinski definition) is 3. The molecule has 0 bridgehead atoms. The third kappa shape index (κ3) is 3.51. The molecule has 0 radical (unpaired) electrons. The highest BCUT2D eigenvalue weighted by Crippen LogP contribution is 2.04. The van der Waals surface area contributed by atoms with Crippen LogP contribution in [0.25, 0.3) is 0 Å². The minimum absolute atomic E-state index is 0.0248. The number of carbonyl (C=O) groups excluding carboxylic acids is 2. The van der Waals surface area contributed by atoms with E-state index in [1.54, 1.807) is 4.90 Å². The van der Waals surface area contributed by atoms with Crippen LogP contribution in [-0.4, -0.2) is 49.9 Å². The molecule has 5 heteroatoms. The Bertz CT molecular complexity index is 243. The van der Waals surface area contributed by atoms with Crippen LogP contribution in [0.15, 0.2) is 0 Å². The fourth-order valence-electron chi connectivity index (χ4n) is 1.69. The first-order valence-corrected chi connectivity index (χ1v) is 5.35. The predicted molar refractivity (Wildman–Crippen MR) is 57.3 cm³/mol. The van der Waals surface area contributed by atoms with E-state index in [2.05, 4.69) is 10.6 Å². The van der Waals surface area contributed by atoms with E-state index in [0.717, 1.165) is 0 Å². The molecule has 2 amide bonds. The maximum Gasteiger partial charge on any atom is 0.226 e. The van der Waals surface area contributed by atoms with Crippen molar-refractivity contribution in [1.29, 1.82) is 0 Å². The zero-order valence-electron chi connectivity index (χ0n) is 9.38. The molecule has 1 unspecified atom stereocenters. The molecule has 1 fully saturated rings. The minimum Gasteiger partial charge on any atom is -0.354 e. The maximum atomic E-state index is 11.9. The van der Waals surface area contributed by atoms with E-state index < -0.39 is 0 Å². The Kier molecular flexibility index (Phi) is 4.55. The van der Waals surface area contributed by atoms with Crippen molar-refractivity contribution in [2.75, 3.05) is 33.2 Å². The second-order valence-corrected chi connectivity index (χ2v) is 3.88. The van der Waals surface area contributed by atoms with Crippen molar-refractivity contribution < 1.29 is 9.59 Å². The predicted octanol–water partition coefficient (Wildman–Crippen LogP) is -0.810. The van der Waals surface area contributed by atoms with Gasteiger partial charge >= 0.3 is 0 Å². The molecular weight excluding hydrogens is 194 g/mol. The van der Waals surface area contributed by atoms with Crippen molar-refractivity contribution in [2.45, 2.75) is 13.3 Å². The van der Waals surface area contributed by atoms with Gasteiger partial charge in [0.05, 0.1) is 0 Å². The van der Waals surface area contributed by atoms with Crippen LogP contribution in [0.1, 0.15) is 13.3 Å². The van der Waals surface area contributed by atoms with Crippen LogP contribution in [-0.2, 0) is 9.59 Å². The van der Waals surface area contributed by atoms with Gasteiger partial charge in [0.2, 0.25) is 11.8 Å². The average molecular weight is 213 g/mol. The van der Waals surface area contributed by atoms with Gasteiger partial charge in [-0.2, -0.15) is 0 Å². The van der Waals surface area contributed by atoms with E-state index in [1.807, 2.05) is 14.0 Å². The summed E-state index contributed by atoms with van der Waals surface area (Å²) < 4.78 is 0. The fraction of sp³-hybridized carbons (Fsp3) is 0.800. The molecule has 1 aliphatic heterocycles. The van der Waals surface area contributed by atoms with Crippen LogP contribution in [0, 0.1) is 5.92 Å². The summed E-state index contributed by atoms with van der Waals surface area (Å²) >= 11 is 0. The van der Waals surface area contributed by atoms with Gasteiger partial charge in [-0.15, -0.1) is 0 Å². The molecule has 1 atom stereocenters. The Morgan fingerprint density at radius 3 is 3.00 bits per heavy atom. The smallest absolute Gasteiger partial charge is 0.226 e. The van der Waals surface area contributed by atoms with Gasteiger partial charge in [0.1, 0.15) is 0 Å². The van der Waals surface area contributed by atoms with E-state index in [-0.39, 0.29) is 17.7 Å². The number of hydrogen-bond donors (Lipinski definition) is 2. The first kappa shape index (κ1) is 12.0. The third-order valence-electron chi connectivity index (χ3n) is 2.56. The SMILES string of the molecule is CNCC(C)C(=O)N1CCNC(=O)CC1. The molecule has 1 rings (SSSR count). The van der Waals surface area contributed by atoms with Crippen LogP contribution in [0.2, 0.25) is 0 Å². The maximum absolute atomic E-state index is 11.9. The van der Waals surface area contributed by atoms with Gasteiger partial charge in [-0.25, -0.2) is 0 Å². The molecule has 86 valence electrons. The lowest BCUT2D eigenvalue weighted by Crippen LogP contribution is -2.40. The van der Waals surface area contributed by atoms with Gasteiger partial charge in [-0.3, -0.25) is 9.59 Å². The summed E-state index contributed by atoms with van der Waals surface area (Å²) in [6, 6.07) is 0. The molecule has 5 nitrogen and oxygen atoms in total. The zero-order chi connectivity index (χ0) is 11.3. The van der Waals surface area contributed by atoms with Crippen molar-refractivity contribution in [1.82, 2.24) is 15.5 Å². The van der Waals surface area contributed by atoms with Gasteiger partial charge in [-0.1, -0.05) is 6.92 Å². The zero-order valence-corrected chi connectivity index (χ0v) is 9.38. The summed E-state index contributed by atoms with van der Waals surface area (Å²) in [7, 11) is 1.83. The lowest BCUT2D eigenvalue weighted by atomic mass is 10.1. The van der Waals surface area contributed by atoms with Crippen molar-refractivity contribution in [3.8, 4) is 0 Å². The van der Waals surface area contributed by atoms with Gasteiger partial charge in [0, 0.05) is 38.5 Å². The summed E-state index contributed by atoms with van der Waals surface area (Å²) in [5, 5.41) is 5.73. The highest BCUT2D eigenvalue weighted by Gasteiger charge is 2.22. The molecule has 0 aromatic rings. The number of carbonyl (C=O) groups is 2. The van der Waals surface area contributed by atoms with Crippen LogP contribution in [0.5, 0.6) is 0 Å². The minimum atomic E-state index is -0.0248.